The van der Waals surface area contributed by atoms with Gasteiger partial charge >= 0.3 is 5.97 Å². The number of aliphatic hydroxyl groups excluding tert-OH is 2. The average molecular weight is 414 g/mol. The van der Waals surface area contributed by atoms with Gasteiger partial charge in [0.15, 0.2) is 12.8 Å². The zero-order chi connectivity index (χ0) is 21.0. The molecule has 1 aromatic rings. The Labute approximate surface area is 178 Å². The van der Waals surface area contributed by atoms with E-state index in [0.717, 1.165) is 19.3 Å². The Morgan fingerprint density at radius 2 is 2.03 bits per heavy atom. The molecule has 7 rings (SSSR count). The lowest BCUT2D eigenvalue weighted by Crippen LogP contribution is -2.83. The molecule has 0 aromatic heterocycles. The molecule has 30 heavy (non-hydrogen) atoms. The smallest absolute Gasteiger partial charge is 0.361 e. The molecule has 0 amide bonds. The van der Waals surface area contributed by atoms with Crippen LogP contribution in [-0.4, -0.2) is 71.3 Å². The summed E-state index contributed by atoms with van der Waals surface area (Å²) < 4.78 is 5.81. The number of rotatable bonds is 4. The van der Waals surface area contributed by atoms with Crippen molar-refractivity contribution in [3.8, 4) is 0 Å². The molecule has 5 fully saturated rings. The molecule has 5 heterocycles. The number of hydrogen-bond acceptors (Lipinski definition) is 5. The van der Waals surface area contributed by atoms with E-state index in [1.807, 2.05) is 6.92 Å². The molecule has 6 nitrogen and oxygen atoms in total. The molecule has 4 saturated heterocycles. The fourth-order valence-electron chi connectivity index (χ4n) is 9.13. The van der Waals surface area contributed by atoms with Crippen molar-refractivity contribution in [2.45, 2.75) is 69.0 Å². The van der Waals surface area contributed by atoms with Gasteiger partial charge in [0.1, 0.15) is 6.04 Å². The van der Waals surface area contributed by atoms with Gasteiger partial charge in [-0.2, -0.15) is 0 Å². The number of nitrogens with zero attached hydrogens (tertiary/aromatic N) is 2. The van der Waals surface area contributed by atoms with E-state index in [9.17, 15) is 15.0 Å². The van der Waals surface area contributed by atoms with Crippen molar-refractivity contribution < 1.29 is 24.2 Å². The number of ether oxygens (including phenoxy) is 1. The number of hydrogen-bond donors (Lipinski definition) is 2. The molecule has 5 bridgehead atoms. The van der Waals surface area contributed by atoms with Gasteiger partial charge in [0.2, 0.25) is 0 Å². The van der Waals surface area contributed by atoms with Crippen molar-refractivity contribution in [1.82, 2.24) is 0 Å². The quantitative estimate of drug-likeness (QED) is 0.580. The largest absolute Gasteiger partial charge is 0.462 e. The number of esters is 1. The van der Waals surface area contributed by atoms with E-state index in [1.165, 1.54) is 11.3 Å². The molecule has 2 N–H and O–H groups in total. The number of piperidine rings is 4. The number of para-hydroxylation sites is 1. The average Bonchev–Trinajstić information content (AvgIpc) is 3.11. The molecular formula is C24H33N2O4+. The minimum Gasteiger partial charge on any atom is -0.462 e. The first-order valence-corrected chi connectivity index (χ1v) is 11.6. The summed E-state index contributed by atoms with van der Waals surface area (Å²) in [7, 11) is 2.14. The standard InChI is InChI=1S/C24H33N2O4/c1-4-13-14-10-17-21-24(15-8-6-7-9-16(15)25(21)3)11-18(20(14)22(24)28)26(17,23(13)29)12-19(27)30-5-2/h6-9,13-14,17-18,20-23,28-29H,4-5,10-12H2,1-3H3/q+1/t13-,14-,17-,18+,20-,21-,22+,23-,24-,26?/m1/s1. The number of carbonyl (C=O) groups excluding carboxylic acids is 1. The van der Waals surface area contributed by atoms with Gasteiger partial charge in [-0.05, 0) is 30.9 Å². The summed E-state index contributed by atoms with van der Waals surface area (Å²) >= 11 is 0. The van der Waals surface area contributed by atoms with Gasteiger partial charge in [-0.15, -0.1) is 0 Å². The Morgan fingerprint density at radius 3 is 2.77 bits per heavy atom. The molecule has 1 unspecified atom stereocenters. The van der Waals surface area contributed by atoms with Gasteiger partial charge in [0, 0.05) is 37.4 Å². The summed E-state index contributed by atoms with van der Waals surface area (Å²) in [6, 6.07) is 8.84. The van der Waals surface area contributed by atoms with Gasteiger partial charge in [-0.25, -0.2) is 4.79 Å². The van der Waals surface area contributed by atoms with E-state index in [-0.39, 0.29) is 47.9 Å². The maximum absolute atomic E-state index is 12.8. The number of anilines is 1. The summed E-state index contributed by atoms with van der Waals surface area (Å²) in [5.41, 5.74) is 2.17. The first-order valence-electron chi connectivity index (χ1n) is 11.6. The molecule has 1 aliphatic carbocycles. The van der Waals surface area contributed by atoms with Gasteiger partial charge in [0.05, 0.1) is 30.2 Å². The fourth-order valence-corrected chi connectivity index (χ4v) is 9.13. The Hall–Kier alpha value is -1.63. The Morgan fingerprint density at radius 1 is 1.27 bits per heavy atom. The van der Waals surface area contributed by atoms with E-state index in [0.29, 0.717) is 17.0 Å². The lowest BCUT2D eigenvalue weighted by atomic mass is 9.60. The van der Waals surface area contributed by atoms with Crippen molar-refractivity contribution >= 4 is 11.7 Å². The molecule has 6 heteroatoms. The molecule has 1 spiro atoms. The highest BCUT2D eigenvalue weighted by molar-refractivity contribution is 5.71. The number of aliphatic hydroxyl groups is 2. The lowest BCUT2D eigenvalue weighted by molar-refractivity contribution is -1.03. The second-order valence-corrected chi connectivity index (χ2v) is 10.3. The third kappa shape index (κ3) is 1.83. The molecule has 0 radical (unpaired) electrons. The summed E-state index contributed by atoms with van der Waals surface area (Å²) in [5, 5.41) is 23.7. The maximum Gasteiger partial charge on any atom is 0.361 e. The highest BCUT2D eigenvalue weighted by atomic mass is 16.5. The minimum absolute atomic E-state index is 0.0954. The van der Waals surface area contributed by atoms with Crippen LogP contribution in [0.15, 0.2) is 24.3 Å². The van der Waals surface area contributed by atoms with Gasteiger partial charge in [0.25, 0.3) is 0 Å². The summed E-state index contributed by atoms with van der Waals surface area (Å²) in [4.78, 5) is 15.2. The van der Waals surface area contributed by atoms with Crippen LogP contribution in [0.5, 0.6) is 0 Å². The van der Waals surface area contributed by atoms with E-state index in [2.05, 4.69) is 43.1 Å². The number of benzene rings is 1. The van der Waals surface area contributed by atoms with Crippen LogP contribution in [0.2, 0.25) is 0 Å². The van der Waals surface area contributed by atoms with Crippen LogP contribution in [-0.2, 0) is 14.9 Å². The predicted octanol–water partition coefficient (Wildman–Crippen LogP) is 1.63. The molecule has 1 aromatic carbocycles. The van der Waals surface area contributed by atoms with Crippen LogP contribution in [0.3, 0.4) is 0 Å². The van der Waals surface area contributed by atoms with Crippen molar-refractivity contribution in [3.63, 3.8) is 0 Å². The number of fused-ring (bicyclic) bond motifs is 2. The molecule has 5 aliphatic heterocycles. The normalized spacial score (nSPS) is 49.3. The zero-order valence-corrected chi connectivity index (χ0v) is 18.1. The van der Waals surface area contributed by atoms with Crippen molar-refractivity contribution in [1.29, 1.82) is 0 Å². The van der Waals surface area contributed by atoms with E-state index in [1.54, 1.807) is 0 Å². The Bertz CT molecular complexity index is 907. The second-order valence-electron chi connectivity index (χ2n) is 10.3. The lowest BCUT2D eigenvalue weighted by Gasteiger charge is -2.67. The second kappa shape index (κ2) is 5.99. The van der Waals surface area contributed by atoms with Crippen LogP contribution >= 0.6 is 0 Å². The highest BCUT2D eigenvalue weighted by Crippen LogP contribution is 2.71. The fraction of sp³-hybridized carbons (Fsp3) is 0.708. The molecule has 10 atom stereocenters. The summed E-state index contributed by atoms with van der Waals surface area (Å²) in [6.45, 7) is 4.55. The maximum atomic E-state index is 12.8. The summed E-state index contributed by atoms with van der Waals surface area (Å²) in [6.07, 6.45) is 1.69. The number of likely N-dealkylation sites (N-methyl/N-ethyl adjacent to an activating group) is 1. The Balaban J connectivity index is 1.57. The monoisotopic (exact) mass is 413 g/mol. The van der Waals surface area contributed by atoms with Gasteiger partial charge in [-0.1, -0.05) is 25.1 Å². The van der Waals surface area contributed by atoms with Crippen molar-refractivity contribution in [2.24, 2.45) is 17.8 Å². The number of quaternary nitrogens is 1. The van der Waals surface area contributed by atoms with Crippen LogP contribution in [0, 0.1) is 17.8 Å². The van der Waals surface area contributed by atoms with Crippen LogP contribution in [0.4, 0.5) is 5.69 Å². The van der Waals surface area contributed by atoms with Crippen molar-refractivity contribution in [3.05, 3.63) is 29.8 Å². The van der Waals surface area contributed by atoms with Crippen LogP contribution in [0.25, 0.3) is 0 Å². The topological polar surface area (TPSA) is 70.0 Å². The molecule has 6 aliphatic rings. The first kappa shape index (κ1) is 19.1. The number of carbonyl (C=O) groups is 1. The first-order chi connectivity index (χ1) is 14.4. The SMILES string of the molecule is CCOC(=O)C[N+]12[C@H](O)[C@H](CC)[C@H]3C[C@@H]1[C@H]1N(C)c4ccccc4[C@]14C[C@H]2[C@@H]3[C@@H]4O. The molecule has 1 saturated carbocycles. The van der Waals surface area contributed by atoms with Crippen molar-refractivity contribution in [2.75, 3.05) is 25.1 Å². The highest BCUT2D eigenvalue weighted by Gasteiger charge is 2.83. The van der Waals surface area contributed by atoms with E-state index >= 15 is 0 Å². The molecule has 162 valence electrons. The van der Waals surface area contributed by atoms with Gasteiger partial charge in [-0.3, -0.25) is 4.48 Å². The van der Waals surface area contributed by atoms with E-state index in [4.69, 9.17) is 4.74 Å². The Kier molecular flexibility index (Phi) is 3.81. The third-order valence-electron chi connectivity index (χ3n) is 9.83. The summed E-state index contributed by atoms with van der Waals surface area (Å²) in [5.74, 6) is 0.361. The van der Waals surface area contributed by atoms with Gasteiger partial charge < -0.3 is 19.8 Å². The third-order valence-corrected chi connectivity index (χ3v) is 9.83. The molecular weight excluding hydrogens is 380 g/mol. The minimum atomic E-state index is -0.565. The van der Waals surface area contributed by atoms with Crippen LogP contribution < -0.4 is 4.90 Å². The van der Waals surface area contributed by atoms with E-state index < -0.39 is 12.3 Å². The zero-order valence-electron chi connectivity index (χ0n) is 18.1. The predicted molar refractivity (Wildman–Crippen MR) is 112 cm³/mol. The van der Waals surface area contributed by atoms with Crippen LogP contribution in [0.1, 0.15) is 38.7 Å².